The van der Waals surface area contributed by atoms with Crippen LogP contribution in [0.15, 0.2) is 48.8 Å². The fraction of sp³-hybridized carbons (Fsp3) is 0.235. The Morgan fingerprint density at radius 3 is 2.50 bits per heavy atom. The van der Waals surface area contributed by atoms with Gasteiger partial charge in [0.15, 0.2) is 0 Å². The first-order valence-corrected chi connectivity index (χ1v) is 7.10. The number of aryl methyl sites for hydroxylation is 1. The third-order valence-electron chi connectivity index (χ3n) is 3.62. The summed E-state index contributed by atoms with van der Waals surface area (Å²) in [5, 5.41) is 10.00. The average molecular weight is 298 g/mol. The molecular formula is C17H18N2O3. The van der Waals surface area contributed by atoms with Crippen molar-refractivity contribution in [1.29, 1.82) is 0 Å². The number of aromatic nitrogens is 1. The molecule has 3 rings (SSSR count). The largest absolute Gasteiger partial charge is 0.483 e. The molecule has 0 aliphatic heterocycles. The predicted molar refractivity (Wildman–Crippen MR) is 82.7 cm³/mol. The Kier molecular flexibility index (Phi) is 5.65. The first kappa shape index (κ1) is 15.7. The Morgan fingerprint density at radius 2 is 1.82 bits per heavy atom. The maximum absolute atomic E-state index is 12.1. The number of benzene rings is 1. The van der Waals surface area contributed by atoms with Crippen molar-refractivity contribution in [1.82, 2.24) is 10.3 Å². The molecule has 2 aromatic rings. The van der Waals surface area contributed by atoms with Gasteiger partial charge in [0.05, 0.1) is 0 Å². The molecule has 0 saturated heterocycles. The summed E-state index contributed by atoms with van der Waals surface area (Å²) < 4.78 is 0. The van der Waals surface area contributed by atoms with E-state index >= 15 is 0 Å². The van der Waals surface area contributed by atoms with Gasteiger partial charge in [-0.2, -0.15) is 0 Å². The van der Waals surface area contributed by atoms with E-state index in [2.05, 4.69) is 34.6 Å². The number of pyridine rings is 1. The monoisotopic (exact) mass is 298 g/mol. The summed E-state index contributed by atoms with van der Waals surface area (Å²) in [4.78, 5) is 24.4. The Hall–Kier alpha value is -2.69. The summed E-state index contributed by atoms with van der Waals surface area (Å²) in [7, 11) is 0. The van der Waals surface area contributed by atoms with E-state index in [1.54, 1.807) is 24.5 Å². The third-order valence-corrected chi connectivity index (χ3v) is 3.62. The molecule has 114 valence electrons. The Balaban J connectivity index is 0.000000545. The molecule has 2 N–H and O–H groups in total. The van der Waals surface area contributed by atoms with E-state index in [1.165, 1.54) is 11.1 Å². The second-order valence-electron chi connectivity index (χ2n) is 5.02. The highest BCUT2D eigenvalue weighted by Gasteiger charge is 2.20. The summed E-state index contributed by atoms with van der Waals surface area (Å²) >= 11 is 0. The highest BCUT2D eigenvalue weighted by atomic mass is 16.3. The number of hydrogen-bond acceptors (Lipinski definition) is 3. The molecule has 1 aliphatic rings. The van der Waals surface area contributed by atoms with Crippen LogP contribution in [0.1, 0.15) is 27.9 Å². The molecule has 0 spiro atoms. The van der Waals surface area contributed by atoms with E-state index in [1.807, 2.05) is 0 Å². The molecule has 1 aliphatic carbocycles. The van der Waals surface area contributed by atoms with Crippen molar-refractivity contribution in [3.05, 3.63) is 65.5 Å². The lowest BCUT2D eigenvalue weighted by Crippen LogP contribution is -2.38. The molecular weight excluding hydrogens is 280 g/mol. The molecule has 0 bridgehead atoms. The van der Waals surface area contributed by atoms with Gasteiger partial charge in [-0.15, -0.1) is 0 Å². The molecule has 0 saturated carbocycles. The molecule has 0 unspecified atom stereocenters. The zero-order valence-corrected chi connectivity index (χ0v) is 12.1. The number of carboxylic acid groups (broad SMARTS) is 1. The minimum absolute atomic E-state index is 0.00761. The number of rotatable bonds is 2. The summed E-state index contributed by atoms with van der Waals surface area (Å²) in [6.07, 6.45) is 6.26. The number of carbonyl (C=O) groups is 2. The molecule has 22 heavy (non-hydrogen) atoms. The van der Waals surface area contributed by atoms with Gasteiger partial charge in [-0.3, -0.25) is 14.6 Å². The lowest BCUT2D eigenvalue weighted by molar-refractivity contribution is -0.122. The van der Waals surface area contributed by atoms with Crippen LogP contribution in [0.3, 0.4) is 0 Å². The Labute approximate surface area is 129 Å². The molecule has 5 nitrogen and oxygen atoms in total. The van der Waals surface area contributed by atoms with Crippen LogP contribution in [0.25, 0.3) is 0 Å². The van der Waals surface area contributed by atoms with E-state index in [4.69, 9.17) is 9.90 Å². The summed E-state index contributed by atoms with van der Waals surface area (Å²) in [6.45, 7) is -0.250. The minimum atomic E-state index is -0.250. The van der Waals surface area contributed by atoms with Crippen molar-refractivity contribution in [2.75, 3.05) is 0 Å². The van der Waals surface area contributed by atoms with Gasteiger partial charge in [-0.05, 0) is 42.5 Å². The average Bonchev–Trinajstić information content (AvgIpc) is 2.56. The number of nitrogens with one attached hydrogen (secondary N) is 1. The van der Waals surface area contributed by atoms with Gasteiger partial charge < -0.3 is 10.4 Å². The Bertz CT molecular complexity index is 629. The van der Waals surface area contributed by atoms with E-state index in [9.17, 15) is 4.79 Å². The smallest absolute Gasteiger partial charge is 0.290 e. The van der Waals surface area contributed by atoms with Gasteiger partial charge in [-0.25, -0.2) is 0 Å². The van der Waals surface area contributed by atoms with E-state index in [0.29, 0.717) is 5.56 Å². The van der Waals surface area contributed by atoms with Crippen LogP contribution in [-0.2, 0) is 17.6 Å². The topological polar surface area (TPSA) is 79.3 Å². The number of fused-ring (bicyclic) bond motifs is 1. The second kappa shape index (κ2) is 7.93. The number of carbonyl (C=O) groups excluding carboxylic acids is 1. The normalized spacial score (nSPS) is 15.7. The zero-order chi connectivity index (χ0) is 15.8. The van der Waals surface area contributed by atoms with Gasteiger partial charge in [0.25, 0.3) is 12.4 Å². The molecule has 0 radical (unpaired) electrons. The maximum Gasteiger partial charge on any atom is 0.290 e. The first-order chi connectivity index (χ1) is 10.7. The SMILES string of the molecule is O=C(N[C@H]1CCc2ccccc2C1)c1ccncc1.O=CO. The molecule has 1 aromatic heterocycles. The van der Waals surface area contributed by atoms with Crippen LogP contribution in [0, 0.1) is 0 Å². The van der Waals surface area contributed by atoms with Crippen molar-refractivity contribution in [3.63, 3.8) is 0 Å². The van der Waals surface area contributed by atoms with Crippen LogP contribution >= 0.6 is 0 Å². The molecule has 1 heterocycles. The van der Waals surface area contributed by atoms with Crippen LogP contribution in [-0.4, -0.2) is 28.5 Å². The molecule has 1 amide bonds. The predicted octanol–water partition coefficient (Wildman–Crippen LogP) is 2.07. The maximum atomic E-state index is 12.1. The molecule has 5 heteroatoms. The van der Waals surface area contributed by atoms with Gasteiger partial charge in [0, 0.05) is 24.0 Å². The lowest BCUT2D eigenvalue weighted by Gasteiger charge is -2.25. The van der Waals surface area contributed by atoms with Gasteiger partial charge >= 0.3 is 0 Å². The van der Waals surface area contributed by atoms with Gasteiger partial charge in [0.1, 0.15) is 0 Å². The van der Waals surface area contributed by atoms with E-state index < -0.39 is 0 Å². The van der Waals surface area contributed by atoms with E-state index in [-0.39, 0.29) is 18.4 Å². The minimum Gasteiger partial charge on any atom is -0.483 e. The Morgan fingerprint density at radius 1 is 1.18 bits per heavy atom. The summed E-state index contributed by atoms with van der Waals surface area (Å²) in [5.41, 5.74) is 3.44. The third kappa shape index (κ3) is 4.15. The first-order valence-electron chi connectivity index (χ1n) is 7.10. The zero-order valence-electron chi connectivity index (χ0n) is 12.1. The number of amides is 1. The standard InChI is InChI=1S/C16H16N2O.CH2O2/c19-16(13-7-9-17-10-8-13)18-15-6-5-12-3-1-2-4-14(12)11-15;2-1-3/h1-4,7-10,15H,5-6,11H2,(H,18,19);1H,(H,2,3)/t15-;/m0./s1. The van der Waals surface area contributed by atoms with Crippen molar-refractivity contribution in [2.45, 2.75) is 25.3 Å². The molecule has 0 fully saturated rings. The molecule has 1 aromatic carbocycles. The number of nitrogens with zero attached hydrogens (tertiary/aromatic N) is 1. The van der Waals surface area contributed by atoms with Crippen LogP contribution in [0.4, 0.5) is 0 Å². The van der Waals surface area contributed by atoms with Crippen LogP contribution in [0.5, 0.6) is 0 Å². The van der Waals surface area contributed by atoms with Crippen molar-refractivity contribution in [2.24, 2.45) is 0 Å². The van der Waals surface area contributed by atoms with Gasteiger partial charge in [-0.1, -0.05) is 24.3 Å². The fourth-order valence-corrected chi connectivity index (χ4v) is 2.59. The summed E-state index contributed by atoms with van der Waals surface area (Å²) in [5.74, 6) is -0.00761. The lowest BCUT2D eigenvalue weighted by atomic mass is 9.88. The van der Waals surface area contributed by atoms with Gasteiger partial charge in [0.2, 0.25) is 0 Å². The quantitative estimate of drug-likeness (QED) is 0.832. The van der Waals surface area contributed by atoms with E-state index in [0.717, 1.165) is 19.3 Å². The highest BCUT2D eigenvalue weighted by Crippen LogP contribution is 2.21. The van der Waals surface area contributed by atoms with Crippen LogP contribution < -0.4 is 5.32 Å². The fourth-order valence-electron chi connectivity index (χ4n) is 2.59. The van der Waals surface area contributed by atoms with Crippen LogP contribution in [0.2, 0.25) is 0 Å². The van der Waals surface area contributed by atoms with Crippen molar-refractivity contribution >= 4 is 12.4 Å². The number of hydrogen-bond donors (Lipinski definition) is 2. The molecule has 1 atom stereocenters. The summed E-state index contributed by atoms with van der Waals surface area (Å²) in [6, 6.07) is 12.2. The van der Waals surface area contributed by atoms with Crippen molar-refractivity contribution < 1.29 is 14.7 Å². The second-order valence-corrected chi connectivity index (χ2v) is 5.02. The highest BCUT2D eigenvalue weighted by molar-refractivity contribution is 5.94. The van der Waals surface area contributed by atoms with Crippen molar-refractivity contribution in [3.8, 4) is 0 Å².